The molecule has 0 saturated carbocycles. The van der Waals surface area contributed by atoms with Crippen molar-refractivity contribution in [2.24, 2.45) is 0 Å². The first-order valence-electron chi connectivity index (χ1n) is 9.79. The lowest BCUT2D eigenvalue weighted by atomic mass is 10.1. The van der Waals surface area contributed by atoms with Gasteiger partial charge in [0.25, 0.3) is 0 Å². The highest BCUT2D eigenvalue weighted by atomic mass is 16.5. The molecule has 0 bridgehead atoms. The van der Waals surface area contributed by atoms with Crippen molar-refractivity contribution in [3.63, 3.8) is 0 Å². The first-order chi connectivity index (χ1) is 13.6. The molecule has 6 nitrogen and oxygen atoms in total. The van der Waals surface area contributed by atoms with Gasteiger partial charge in [0.05, 0.1) is 18.7 Å². The Kier molecular flexibility index (Phi) is 5.19. The maximum Gasteiger partial charge on any atom is 0.244 e. The number of benzene rings is 2. The summed E-state index contributed by atoms with van der Waals surface area (Å²) >= 11 is 0. The molecular weight excluding hydrogens is 354 g/mol. The zero-order valence-electron chi connectivity index (χ0n) is 16.1. The van der Waals surface area contributed by atoms with E-state index in [1.165, 1.54) is 23.4 Å². The van der Waals surface area contributed by atoms with Crippen LogP contribution in [0.4, 0.5) is 17.1 Å². The van der Waals surface area contributed by atoms with Crippen molar-refractivity contribution in [1.82, 2.24) is 0 Å². The van der Waals surface area contributed by atoms with Crippen LogP contribution in [0.5, 0.6) is 5.75 Å². The Hall–Kier alpha value is -3.02. The van der Waals surface area contributed by atoms with Crippen LogP contribution in [0.15, 0.2) is 42.5 Å². The summed E-state index contributed by atoms with van der Waals surface area (Å²) < 4.78 is 5.63. The van der Waals surface area contributed by atoms with E-state index in [4.69, 9.17) is 4.74 Å². The van der Waals surface area contributed by atoms with Crippen molar-refractivity contribution < 1.29 is 14.3 Å². The van der Waals surface area contributed by atoms with Crippen LogP contribution in [0.3, 0.4) is 0 Å². The minimum absolute atomic E-state index is 0.0352. The van der Waals surface area contributed by atoms with Gasteiger partial charge in [0.15, 0.2) is 0 Å². The van der Waals surface area contributed by atoms with Crippen LogP contribution in [0.25, 0.3) is 0 Å². The number of hydrogen-bond donors (Lipinski definition) is 1. The number of ether oxygens (including phenoxy) is 1. The second-order valence-electron chi connectivity index (χ2n) is 7.29. The first-order valence-corrected chi connectivity index (χ1v) is 9.79. The van der Waals surface area contributed by atoms with Crippen LogP contribution in [-0.4, -0.2) is 38.1 Å². The first kappa shape index (κ1) is 18.3. The number of anilines is 3. The van der Waals surface area contributed by atoms with E-state index < -0.39 is 0 Å². The van der Waals surface area contributed by atoms with Gasteiger partial charge in [-0.25, -0.2) is 0 Å². The second-order valence-corrected chi connectivity index (χ2v) is 7.29. The fourth-order valence-corrected chi connectivity index (χ4v) is 3.79. The zero-order chi connectivity index (χ0) is 19.5. The van der Waals surface area contributed by atoms with E-state index in [1.54, 1.807) is 0 Å². The monoisotopic (exact) mass is 379 g/mol. The number of hydrogen-bond acceptors (Lipinski definition) is 4. The number of aryl methyl sites for hydroxylation is 1. The van der Waals surface area contributed by atoms with Crippen LogP contribution in [-0.2, 0) is 9.59 Å². The molecule has 0 atom stereocenters. The summed E-state index contributed by atoms with van der Waals surface area (Å²) in [5, 5.41) is 2.95. The topological polar surface area (TPSA) is 61.9 Å². The van der Waals surface area contributed by atoms with E-state index in [2.05, 4.69) is 16.3 Å². The molecule has 2 aromatic rings. The standard InChI is InChI=1S/C22H25N3O3/c1-16-14-17(24-11-4-5-12-24)8-9-18(16)23-21(26)15-25-19-6-2-3-7-20(19)28-13-10-22(25)27/h2-3,6-9,14H,4-5,10-13,15H2,1H3,(H,23,26). The normalized spacial score (nSPS) is 16.4. The molecular formula is C22H25N3O3. The molecule has 1 fully saturated rings. The van der Waals surface area contributed by atoms with Crippen LogP contribution in [0.1, 0.15) is 24.8 Å². The Bertz CT molecular complexity index is 890. The Labute approximate surface area is 165 Å². The van der Waals surface area contributed by atoms with E-state index in [-0.39, 0.29) is 24.8 Å². The van der Waals surface area contributed by atoms with E-state index in [0.29, 0.717) is 18.0 Å². The van der Waals surface area contributed by atoms with E-state index in [1.807, 2.05) is 43.3 Å². The molecule has 1 saturated heterocycles. The molecule has 0 aliphatic carbocycles. The Morgan fingerprint density at radius 3 is 2.71 bits per heavy atom. The molecule has 0 aromatic heterocycles. The second kappa shape index (κ2) is 7.92. The third-order valence-corrected chi connectivity index (χ3v) is 5.29. The molecule has 146 valence electrons. The molecule has 0 unspecified atom stereocenters. The van der Waals surface area contributed by atoms with Gasteiger partial charge in [-0.15, -0.1) is 0 Å². The summed E-state index contributed by atoms with van der Waals surface area (Å²) in [6.07, 6.45) is 2.71. The zero-order valence-corrected chi connectivity index (χ0v) is 16.1. The average molecular weight is 379 g/mol. The minimum atomic E-state index is -0.220. The molecule has 6 heteroatoms. The van der Waals surface area contributed by atoms with Gasteiger partial charge >= 0.3 is 0 Å². The predicted octanol–water partition coefficient (Wildman–Crippen LogP) is 3.35. The minimum Gasteiger partial charge on any atom is -0.491 e. The quantitative estimate of drug-likeness (QED) is 0.885. The van der Waals surface area contributed by atoms with Gasteiger partial charge in [-0.1, -0.05) is 12.1 Å². The van der Waals surface area contributed by atoms with Gasteiger partial charge in [-0.2, -0.15) is 0 Å². The highest BCUT2D eigenvalue weighted by molar-refractivity contribution is 6.04. The van der Waals surface area contributed by atoms with E-state index in [9.17, 15) is 9.59 Å². The number of carbonyl (C=O) groups is 2. The Morgan fingerprint density at radius 1 is 1.14 bits per heavy atom. The Balaban J connectivity index is 1.47. The predicted molar refractivity (Wildman–Crippen MR) is 110 cm³/mol. The van der Waals surface area contributed by atoms with Crippen LogP contribution in [0, 0.1) is 6.92 Å². The number of fused-ring (bicyclic) bond motifs is 1. The number of carbonyl (C=O) groups excluding carboxylic acids is 2. The molecule has 2 heterocycles. The smallest absolute Gasteiger partial charge is 0.244 e. The van der Waals surface area contributed by atoms with Crippen LogP contribution >= 0.6 is 0 Å². The molecule has 28 heavy (non-hydrogen) atoms. The molecule has 4 rings (SSSR count). The number of rotatable bonds is 4. The van der Waals surface area contributed by atoms with Crippen LogP contribution < -0.4 is 19.9 Å². The van der Waals surface area contributed by atoms with Crippen molar-refractivity contribution in [2.75, 3.05) is 41.4 Å². The molecule has 2 amide bonds. The largest absolute Gasteiger partial charge is 0.491 e. The van der Waals surface area contributed by atoms with Gasteiger partial charge in [-0.3, -0.25) is 14.5 Å². The molecule has 0 spiro atoms. The third-order valence-electron chi connectivity index (χ3n) is 5.29. The number of amides is 2. The number of nitrogens with one attached hydrogen (secondary N) is 1. The van der Waals surface area contributed by atoms with Gasteiger partial charge in [0.2, 0.25) is 11.8 Å². The van der Waals surface area contributed by atoms with Gasteiger partial charge < -0.3 is 15.0 Å². The van der Waals surface area contributed by atoms with Gasteiger partial charge in [-0.05, 0) is 55.7 Å². The fourth-order valence-electron chi connectivity index (χ4n) is 3.79. The fraction of sp³-hybridized carbons (Fsp3) is 0.364. The average Bonchev–Trinajstić information content (AvgIpc) is 3.18. The van der Waals surface area contributed by atoms with Crippen molar-refractivity contribution in [2.45, 2.75) is 26.2 Å². The van der Waals surface area contributed by atoms with E-state index in [0.717, 1.165) is 24.3 Å². The number of para-hydroxylation sites is 2. The van der Waals surface area contributed by atoms with Crippen molar-refractivity contribution in [1.29, 1.82) is 0 Å². The Morgan fingerprint density at radius 2 is 1.93 bits per heavy atom. The maximum atomic E-state index is 12.7. The summed E-state index contributed by atoms with van der Waals surface area (Å²) in [6.45, 7) is 4.46. The highest BCUT2D eigenvalue weighted by Gasteiger charge is 2.25. The van der Waals surface area contributed by atoms with Crippen molar-refractivity contribution >= 4 is 28.9 Å². The van der Waals surface area contributed by atoms with Crippen LogP contribution in [0.2, 0.25) is 0 Å². The SMILES string of the molecule is Cc1cc(N2CCCC2)ccc1NC(=O)CN1C(=O)CCOc2ccccc21. The molecule has 1 N–H and O–H groups in total. The summed E-state index contributed by atoms with van der Waals surface area (Å²) in [6, 6.07) is 13.4. The summed E-state index contributed by atoms with van der Waals surface area (Å²) in [5.41, 5.74) is 3.63. The lowest BCUT2D eigenvalue weighted by Crippen LogP contribution is -2.37. The van der Waals surface area contributed by atoms with E-state index >= 15 is 0 Å². The van der Waals surface area contributed by atoms with Crippen molar-refractivity contribution in [3.05, 3.63) is 48.0 Å². The third kappa shape index (κ3) is 3.81. The van der Waals surface area contributed by atoms with Gasteiger partial charge in [0.1, 0.15) is 12.3 Å². The lowest BCUT2D eigenvalue weighted by molar-refractivity contribution is -0.121. The van der Waals surface area contributed by atoms with Gasteiger partial charge in [0, 0.05) is 24.5 Å². The number of nitrogens with zero attached hydrogens (tertiary/aromatic N) is 2. The molecule has 0 radical (unpaired) electrons. The summed E-state index contributed by atoms with van der Waals surface area (Å²) in [5.74, 6) is 0.301. The molecule has 2 aromatic carbocycles. The lowest BCUT2D eigenvalue weighted by Gasteiger charge is -2.22. The van der Waals surface area contributed by atoms with Crippen molar-refractivity contribution in [3.8, 4) is 5.75 Å². The summed E-state index contributed by atoms with van der Waals surface area (Å²) in [4.78, 5) is 29.0. The summed E-state index contributed by atoms with van der Waals surface area (Å²) in [7, 11) is 0. The molecule has 2 aliphatic heterocycles. The highest BCUT2D eigenvalue weighted by Crippen LogP contribution is 2.31. The molecule has 2 aliphatic rings. The maximum absolute atomic E-state index is 12.7.